The van der Waals surface area contributed by atoms with Crippen molar-refractivity contribution in [2.45, 2.75) is 6.92 Å². The molecule has 108 valence electrons. The molecule has 0 bridgehead atoms. The molecule has 1 aromatic carbocycles. The van der Waals surface area contributed by atoms with E-state index in [0.717, 1.165) is 22.3 Å². The lowest BCUT2D eigenvalue weighted by Gasteiger charge is -2.07. The predicted octanol–water partition coefficient (Wildman–Crippen LogP) is 3.48. The van der Waals surface area contributed by atoms with Crippen molar-refractivity contribution in [3.05, 3.63) is 41.7 Å². The number of pyridine rings is 1. The number of rotatable bonds is 4. The van der Waals surface area contributed by atoms with Crippen LogP contribution < -0.4 is 9.47 Å². The predicted molar refractivity (Wildman–Crippen MR) is 81.6 cm³/mol. The van der Waals surface area contributed by atoms with Crippen LogP contribution in [-0.2, 0) is 0 Å². The largest absolute Gasteiger partial charge is 0.497 e. The first-order valence-corrected chi connectivity index (χ1v) is 6.92. The van der Waals surface area contributed by atoms with Crippen LogP contribution in [0, 0.1) is 0 Å². The van der Waals surface area contributed by atoms with Crippen molar-refractivity contribution in [2.75, 3.05) is 13.7 Å². The fourth-order valence-corrected chi connectivity index (χ4v) is 2.32. The van der Waals surface area contributed by atoms with Crippen LogP contribution >= 0.6 is 11.6 Å². The molecule has 0 unspecified atom stereocenters. The Morgan fingerprint density at radius 2 is 2.00 bits per heavy atom. The molecule has 3 aromatic rings. The molecule has 0 radical (unpaired) electrons. The monoisotopic (exact) mass is 303 g/mol. The Hall–Kier alpha value is -2.27. The highest BCUT2D eigenvalue weighted by Gasteiger charge is 2.12. The van der Waals surface area contributed by atoms with Gasteiger partial charge in [0.05, 0.1) is 36.5 Å². The number of methoxy groups -OCH3 is 1. The quantitative estimate of drug-likeness (QED) is 0.692. The number of aromatic nitrogens is 3. The van der Waals surface area contributed by atoms with Gasteiger partial charge in [-0.05, 0) is 31.2 Å². The molecular formula is C15H14ClN3O2. The summed E-state index contributed by atoms with van der Waals surface area (Å²) in [4.78, 5) is 4.20. The van der Waals surface area contributed by atoms with Gasteiger partial charge in [0.1, 0.15) is 10.9 Å². The Bertz CT molecular complexity index is 768. The zero-order valence-electron chi connectivity index (χ0n) is 11.7. The molecule has 21 heavy (non-hydrogen) atoms. The molecule has 3 rings (SSSR count). The smallest absolute Gasteiger partial charge is 0.226 e. The van der Waals surface area contributed by atoms with Crippen LogP contribution in [0.25, 0.3) is 16.6 Å². The highest BCUT2D eigenvalue weighted by atomic mass is 35.5. The van der Waals surface area contributed by atoms with E-state index >= 15 is 0 Å². The average molecular weight is 304 g/mol. The van der Waals surface area contributed by atoms with Gasteiger partial charge in [0.15, 0.2) is 0 Å². The molecule has 2 aromatic heterocycles. The second-order valence-corrected chi connectivity index (χ2v) is 4.76. The van der Waals surface area contributed by atoms with Crippen LogP contribution in [0.2, 0.25) is 5.15 Å². The van der Waals surface area contributed by atoms with E-state index in [1.807, 2.05) is 31.2 Å². The summed E-state index contributed by atoms with van der Waals surface area (Å²) in [5, 5.41) is 5.61. The van der Waals surface area contributed by atoms with Gasteiger partial charge in [-0.1, -0.05) is 11.6 Å². The molecule has 0 atom stereocenters. The minimum Gasteiger partial charge on any atom is -0.497 e. The Kier molecular flexibility index (Phi) is 3.66. The van der Waals surface area contributed by atoms with Gasteiger partial charge in [-0.25, -0.2) is 9.67 Å². The van der Waals surface area contributed by atoms with Crippen LogP contribution in [-0.4, -0.2) is 28.5 Å². The Labute approximate surface area is 127 Å². The maximum Gasteiger partial charge on any atom is 0.226 e. The van der Waals surface area contributed by atoms with Gasteiger partial charge in [0.25, 0.3) is 0 Å². The Morgan fingerprint density at radius 1 is 1.24 bits per heavy atom. The van der Waals surface area contributed by atoms with Crippen molar-refractivity contribution in [3.63, 3.8) is 0 Å². The van der Waals surface area contributed by atoms with Crippen LogP contribution in [0.1, 0.15) is 6.92 Å². The molecule has 0 spiro atoms. The molecule has 0 fully saturated rings. The van der Waals surface area contributed by atoms with E-state index in [2.05, 4.69) is 10.1 Å². The Balaban J connectivity index is 2.14. The maximum absolute atomic E-state index is 6.07. The number of nitrogens with zero attached hydrogens (tertiary/aromatic N) is 3. The number of ether oxygens (including phenoxy) is 2. The summed E-state index contributed by atoms with van der Waals surface area (Å²) < 4.78 is 12.5. The molecule has 0 saturated heterocycles. The van der Waals surface area contributed by atoms with Crippen molar-refractivity contribution >= 4 is 22.5 Å². The zero-order valence-corrected chi connectivity index (χ0v) is 12.5. The van der Waals surface area contributed by atoms with Crippen LogP contribution in [0.4, 0.5) is 0 Å². The number of benzene rings is 1. The van der Waals surface area contributed by atoms with Gasteiger partial charge in [-0.15, -0.1) is 0 Å². The summed E-state index contributed by atoms with van der Waals surface area (Å²) in [6, 6.07) is 9.40. The maximum atomic E-state index is 6.07. The summed E-state index contributed by atoms with van der Waals surface area (Å²) >= 11 is 6.07. The van der Waals surface area contributed by atoms with E-state index in [0.29, 0.717) is 17.6 Å². The highest BCUT2D eigenvalue weighted by Crippen LogP contribution is 2.28. The molecule has 0 N–H and O–H groups in total. The second-order valence-electron chi connectivity index (χ2n) is 4.37. The van der Waals surface area contributed by atoms with Gasteiger partial charge in [0.2, 0.25) is 5.88 Å². The van der Waals surface area contributed by atoms with Crippen molar-refractivity contribution in [1.29, 1.82) is 0 Å². The highest BCUT2D eigenvalue weighted by molar-refractivity contribution is 6.30. The molecule has 6 heteroatoms. The lowest BCUT2D eigenvalue weighted by molar-refractivity contribution is 0.331. The molecule has 0 saturated carbocycles. The fraction of sp³-hybridized carbons (Fsp3) is 0.200. The minimum atomic E-state index is 0.376. The molecular weight excluding hydrogens is 290 g/mol. The molecule has 2 heterocycles. The lowest BCUT2D eigenvalue weighted by Crippen LogP contribution is -1.98. The van der Waals surface area contributed by atoms with E-state index < -0.39 is 0 Å². The van der Waals surface area contributed by atoms with Crippen molar-refractivity contribution in [1.82, 2.24) is 14.8 Å². The first-order chi connectivity index (χ1) is 10.2. The summed E-state index contributed by atoms with van der Waals surface area (Å²) in [6.07, 6.45) is 1.73. The number of halogens is 1. The third-order valence-corrected chi connectivity index (χ3v) is 3.29. The summed E-state index contributed by atoms with van der Waals surface area (Å²) in [6.45, 7) is 2.43. The summed E-state index contributed by atoms with van der Waals surface area (Å²) in [5.74, 6) is 1.30. The van der Waals surface area contributed by atoms with Gasteiger partial charge in [-0.2, -0.15) is 5.10 Å². The summed E-state index contributed by atoms with van der Waals surface area (Å²) in [5.41, 5.74) is 1.76. The number of hydrogen-bond acceptors (Lipinski definition) is 4. The number of hydrogen-bond donors (Lipinski definition) is 0. The van der Waals surface area contributed by atoms with E-state index in [1.165, 1.54) is 0 Å². The third-order valence-electron chi connectivity index (χ3n) is 3.10. The number of fused-ring (bicyclic) bond motifs is 1. The molecule has 0 aliphatic rings. The molecule has 0 aliphatic carbocycles. The second kappa shape index (κ2) is 5.61. The van der Waals surface area contributed by atoms with Gasteiger partial charge in [0, 0.05) is 6.07 Å². The van der Waals surface area contributed by atoms with Crippen molar-refractivity contribution in [3.8, 4) is 17.3 Å². The SMILES string of the molecule is CCOc1nc(Cl)cc2c1cnn2-c1ccc(OC)cc1. The zero-order chi connectivity index (χ0) is 14.8. The lowest BCUT2D eigenvalue weighted by atomic mass is 10.3. The first kappa shape index (κ1) is 13.7. The third kappa shape index (κ3) is 2.52. The van der Waals surface area contributed by atoms with Crippen LogP contribution in [0.15, 0.2) is 36.5 Å². The molecule has 0 aliphatic heterocycles. The van der Waals surface area contributed by atoms with E-state index in [4.69, 9.17) is 21.1 Å². The van der Waals surface area contributed by atoms with Gasteiger partial charge >= 0.3 is 0 Å². The van der Waals surface area contributed by atoms with Crippen LogP contribution in [0.5, 0.6) is 11.6 Å². The van der Waals surface area contributed by atoms with Crippen LogP contribution in [0.3, 0.4) is 0 Å². The first-order valence-electron chi connectivity index (χ1n) is 6.54. The average Bonchev–Trinajstić information content (AvgIpc) is 2.91. The van der Waals surface area contributed by atoms with Crippen molar-refractivity contribution < 1.29 is 9.47 Å². The fourth-order valence-electron chi connectivity index (χ4n) is 2.14. The van der Waals surface area contributed by atoms with E-state index in [-0.39, 0.29) is 0 Å². The molecule has 5 nitrogen and oxygen atoms in total. The van der Waals surface area contributed by atoms with E-state index in [9.17, 15) is 0 Å². The van der Waals surface area contributed by atoms with Gasteiger partial charge in [-0.3, -0.25) is 0 Å². The normalized spacial score (nSPS) is 10.8. The van der Waals surface area contributed by atoms with Gasteiger partial charge < -0.3 is 9.47 Å². The standard InChI is InChI=1S/C15H14ClN3O2/c1-3-21-15-12-9-17-19(13(12)8-14(16)18-15)10-4-6-11(20-2)7-5-10/h4-9H,3H2,1-2H3. The minimum absolute atomic E-state index is 0.376. The topological polar surface area (TPSA) is 49.2 Å². The van der Waals surface area contributed by atoms with Crippen molar-refractivity contribution in [2.24, 2.45) is 0 Å². The Morgan fingerprint density at radius 3 is 2.67 bits per heavy atom. The molecule has 0 amide bonds. The summed E-state index contributed by atoms with van der Waals surface area (Å²) in [7, 11) is 1.64. The van der Waals surface area contributed by atoms with E-state index in [1.54, 1.807) is 24.1 Å².